The van der Waals surface area contributed by atoms with Crippen LogP contribution in [0.15, 0.2) is 0 Å². The maximum atomic E-state index is 12.0. The molecule has 0 atom stereocenters. The van der Waals surface area contributed by atoms with E-state index >= 15 is 0 Å². The Bertz CT molecular complexity index is 249. The van der Waals surface area contributed by atoms with Crippen molar-refractivity contribution in [3.8, 4) is 0 Å². The van der Waals surface area contributed by atoms with Crippen molar-refractivity contribution in [3.63, 3.8) is 0 Å². The third-order valence-electron chi connectivity index (χ3n) is 4.08. The van der Waals surface area contributed by atoms with Crippen molar-refractivity contribution < 1.29 is 4.79 Å². The minimum Gasteiger partial charge on any atom is -0.340 e. The van der Waals surface area contributed by atoms with Gasteiger partial charge in [0.05, 0.1) is 0 Å². The van der Waals surface area contributed by atoms with Crippen molar-refractivity contribution >= 4 is 18.3 Å². The van der Waals surface area contributed by atoms with Crippen LogP contribution in [0.1, 0.15) is 25.7 Å². The number of rotatable bonds is 3. The smallest absolute Gasteiger partial charge is 0.222 e. The van der Waals surface area contributed by atoms with Gasteiger partial charge in [-0.3, -0.25) is 4.79 Å². The molecule has 2 aliphatic rings. The lowest BCUT2D eigenvalue weighted by Gasteiger charge is -2.33. The van der Waals surface area contributed by atoms with Gasteiger partial charge in [-0.1, -0.05) is 0 Å². The van der Waals surface area contributed by atoms with Crippen molar-refractivity contribution in [1.29, 1.82) is 0 Å². The van der Waals surface area contributed by atoms with Gasteiger partial charge in [0.25, 0.3) is 0 Å². The summed E-state index contributed by atoms with van der Waals surface area (Å²) in [5.41, 5.74) is 0. The Balaban J connectivity index is 0.00000162. The van der Waals surface area contributed by atoms with Gasteiger partial charge in [0, 0.05) is 32.6 Å². The number of nitrogens with one attached hydrogen (secondary N) is 1. The Labute approximate surface area is 116 Å². The lowest BCUT2D eigenvalue weighted by Crippen LogP contribution is -2.47. The molecule has 0 unspecified atom stereocenters. The van der Waals surface area contributed by atoms with Crippen LogP contribution in [0.3, 0.4) is 0 Å². The zero-order chi connectivity index (χ0) is 12.1. The van der Waals surface area contributed by atoms with Crippen LogP contribution in [-0.2, 0) is 4.79 Å². The molecule has 2 heterocycles. The highest BCUT2D eigenvalue weighted by molar-refractivity contribution is 5.85. The molecule has 0 aromatic heterocycles. The molecule has 106 valence electrons. The summed E-state index contributed by atoms with van der Waals surface area (Å²) in [6.07, 6.45) is 4.34. The molecule has 0 saturated carbocycles. The third kappa shape index (κ3) is 4.75. The zero-order valence-electron chi connectivity index (χ0n) is 11.4. The van der Waals surface area contributed by atoms with Crippen LogP contribution in [0.25, 0.3) is 0 Å². The summed E-state index contributed by atoms with van der Waals surface area (Å²) in [5.74, 6) is 1.14. The van der Waals surface area contributed by atoms with Gasteiger partial charge in [-0.2, -0.15) is 0 Å². The first-order valence-corrected chi connectivity index (χ1v) is 6.93. The van der Waals surface area contributed by atoms with E-state index in [1.807, 2.05) is 4.90 Å². The molecule has 2 saturated heterocycles. The molecule has 1 N–H and O–H groups in total. The molecule has 18 heavy (non-hydrogen) atoms. The maximum Gasteiger partial charge on any atom is 0.222 e. The molecule has 0 aliphatic carbocycles. The van der Waals surface area contributed by atoms with E-state index in [1.165, 1.54) is 12.8 Å². The van der Waals surface area contributed by atoms with Gasteiger partial charge in [0.2, 0.25) is 5.91 Å². The molecule has 0 radical (unpaired) electrons. The average Bonchev–Trinajstić information content (AvgIpc) is 2.38. The number of halogens is 1. The zero-order valence-corrected chi connectivity index (χ0v) is 12.2. The van der Waals surface area contributed by atoms with Gasteiger partial charge in [0.15, 0.2) is 0 Å². The maximum absolute atomic E-state index is 12.0. The predicted octanol–water partition coefficient (Wildman–Crippen LogP) is 0.962. The molecular weight excluding hydrogens is 250 g/mol. The minimum atomic E-state index is 0. The molecule has 0 spiro atoms. The minimum absolute atomic E-state index is 0. The highest BCUT2D eigenvalue weighted by Crippen LogP contribution is 2.18. The van der Waals surface area contributed by atoms with Gasteiger partial charge in [0.1, 0.15) is 0 Å². The monoisotopic (exact) mass is 275 g/mol. The average molecular weight is 276 g/mol. The first kappa shape index (κ1) is 15.7. The fraction of sp³-hybridized carbons (Fsp3) is 0.923. The number of piperazine rings is 1. The molecular formula is C13H26ClN3O. The number of piperidine rings is 1. The summed E-state index contributed by atoms with van der Waals surface area (Å²) in [7, 11) is 2.12. The van der Waals surface area contributed by atoms with Crippen LogP contribution < -0.4 is 5.32 Å². The van der Waals surface area contributed by atoms with Gasteiger partial charge >= 0.3 is 0 Å². The number of carbonyl (C=O) groups excluding carboxylic acids is 1. The van der Waals surface area contributed by atoms with Crippen molar-refractivity contribution in [2.75, 3.05) is 46.3 Å². The molecule has 0 bridgehead atoms. The summed E-state index contributed by atoms with van der Waals surface area (Å²) >= 11 is 0. The largest absolute Gasteiger partial charge is 0.340 e. The second-order valence-electron chi connectivity index (χ2n) is 5.42. The van der Waals surface area contributed by atoms with E-state index in [-0.39, 0.29) is 12.4 Å². The molecule has 2 aliphatic heterocycles. The van der Waals surface area contributed by atoms with Crippen LogP contribution in [0, 0.1) is 5.92 Å². The highest BCUT2D eigenvalue weighted by atomic mass is 35.5. The molecule has 2 rings (SSSR count). The van der Waals surface area contributed by atoms with E-state index in [0.29, 0.717) is 5.91 Å². The second-order valence-corrected chi connectivity index (χ2v) is 5.42. The molecule has 0 aromatic carbocycles. The van der Waals surface area contributed by atoms with Crippen molar-refractivity contribution in [2.24, 2.45) is 5.92 Å². The quantitative estimate of drug-likeness (QED) is 0.834. The van der Waals surface area contributed by atoms with E-state index in [0.717, 1.165) is 58.0 Å². The number of hydrogen-bond donors (Lipinski definition) is 1. The summed E-state index contributed by atoms with van der Waals surface area (Å²) in [5, 5.41) is 3.37. The Morgan fingerprint density at radius 2 is 1.78 bits per heavy atom. The standard InChI is InChI=1S/C13H25N3O.ClH/c1-15-8-10-16(11-9-15)13(17)3-2-12-4-6-14-7-5-12;/h12,14H,2-11H2,1H3;1H. The van der Waals surface area contributed by atoms with Crippen LogP contribution in [0.5, 0.6) is 0 Å². The molecule has 5 heteroatoms. The predicted molar refractivity (Wildman–Crippen MR) is 76.2 cm³/mol. The second kappa shape index (κ2) is 7.97. The normalized spacial score (nSPS) is 22.6. The Hall–Kier alpha value is -0.320. The lowest BCUT2D eigenvalue weighted by atomic mass is 9.93. The first-order chi connectivity index (χ1) is 8.25. The Morgan fingerprint density at radius 3 is 2.39 bits per heavy atom. The lowest BCUT2D eigenvalue weighted by molar-refractivity contribution is -0.133. The summed E-state index contributed by atoms with van der Waals surface area (Å²) in [6.45, 7) is 6.15. The topological polar surface area (TPSA) is 35.6 Å². The number of amides is 1. The number of carbonyl (C=O) groups is 1. The molecule has 4 nitrogen and oxygen atoms in total. The number of nitrogens with zero attached hydrogens (tertiary/aromatic N) is 2. The van der Waals surface area contributed by atoms with E-state index < -0.39 is 0 Å². The molecule has 1 amide bonds. The Morgan fingerprint density at radius 1 is 1.17 bits per heavy atom. The molecule has 0 aromatic rings. The van der Waals surface area contributed by atoms with Crippen LogP contribution in [-0.4, -0.2) is 62.0 Å². The SMILES string of the molecule is CN1CCN(C(=O)CCC2CCNCC2)CC1.Cl. The fourth-order valence-electron chi connectivity index (χ4n) is 2.71. The fourth-order valence-corrected chi connectivity index (χ4v) is 2.71. The number of hydrogen-bond acceptors (Lipinski definition) is 3. The van der Waals surface area contributed by atoms with Crippen molar-refractivity contribution in [1.82, 2.24) is 15.1 Å². The van der Waals surface area contributed by atoms with E-state index in [4.69, 9.17) is 0 Å². The van der Waals surface area contributed by atoms with E-state index in [9.17, 15) is 4.79 Å². The summed E-state index contributed by atoms with van der Waals surface area (Å²) in [6, 6.07) is 0. The van der Waals surface area contributed by atoms with Gasteiger partial charge in [-0.05, 0) is 45.3 Å². The third-order valence-corrected chi connectivity index (χ3v) is 4.08. The van der Waals surface area contributed by atoms with Crippen LogP contribution >= 0.6 is 12.4 Å². The van der Waals surface area contributed by atoms with Crippen LogP contribution in [0.4, 0.5) is 0 Å². The van der Waals surface area contributed by atoms with Crippen molar-refractivity contribution in [3.05, 3.63) is 0 Å². The molecule has 2 fully saturated rings. The van der Waals surface area contributed by atoms with Gasteiger partial charge < -0.3 is 15.1 Å². The summed E-state index contributed by atoms with van der Waals surface area (Å²) in [4.78, 5) is 16.4. The van der Waals surface area contributed by atoms with Gasteiger partial charge in [-0.25, -0.2) is 0 Å². The highest BCUT2D eigenvalue weighted by Gasteiger charge is 2.20. The van der Waals surface area contributed by atoms with E-state index in [2.05, 4.69) is 17.3 Å². The Kier molecular flexibility index (Phi) is 6.97. The number of likely N-dealkylation sites (N-methyl/N-ethyl adjacent to an activating group) is 1. The first-order valence-electron chi connectivity index (χ1n) is 6.93. The summed E-state index contributed by atoms with van der Waals surface area (Å²) < 4.78 is 0. The van der Waals surface area contributed by atoms with E-state index in [1.54, 1.807) is 0 Å². The van der Waals surface area contributed by atoms with Crippen molar-refractivity contribution in [2.45, 2.75) is 25.7 Å². The van der Waals surface area contributed by atoms with Crippen LogP contribution in [0.2, 0.25) is 0 Å². The van der Waals surface area contributed by atoms with Gasteiger partial charge in [-0.15, -0.1) is 12.4 Å².